The fourth-order valence-electron chi connectivity index (χ4n) is 0.863. The molecule has 0 fully saturated rings. The Labute approximate surface area is 78.0 Å². The van der Waals surface area contributed by atoms with E-state index in [4.69, 9.17) is 9.47 Å². The highest BCUT2D eigenvalue weighted by molar-refractivity contribution is 5.48. The van der Waals surface area contributed by atoms with Crippen molar-refractivity contribution in [1.82, 2.24) is 4.98 Å². The van der Waals surface area contributed by atoms with Crippen molar-refractivity contribution >= 4 is 6.08 Å². The van der Waals surface area contributed by atoms with Crippen LogP contribution in [-0.4, -0.2) is 18.7 Å². The van der Waals surface area contributed by atoms with Crippen LogP contribution in [0.4, 0.5) is 0 Å². The highest BCUT2D eigenvalue weighted by Gasteiger charge is 1.91. The van der Waals surface area contributed by atoms with Gasteiger partial charge in [0.1, 0.15) is 0 Å². The lowest BCUT2D eigenvalue weighted by molar-refractivity contribution is 0.272. The van der Waals surface area contributed by atoms with Crippen LogP contribution in [0.15, 0.2) is 24.6 Å². The molecular formula is C10H13NO2. The van der Waals surface area contributed by atoms with Gasteiger partial charge in [0, 0.05) is 12.3 Å². The van der Waals surface area contributed by atoms with E-state index in [1.807, 2.05) is 25.1 Å². The minimum atomic E-state index is 0.610. The predicted molar refractivity (Wildman–Crippen MR) is 51.4 cm³/mol. The Kier molecular flexibility index (Phi) is 3.82. The summed E-state index contributed by atoms with van der Waals surface area (Å²) in [5.41, 5.74) is 1.01. The Morgan fingerprint density at radius 1 is 1.54 bits per heavy atom. The van der Waals surface area contributed by atoms with E-state index in [1.165, 1.54) is 0 Å². The first kappa shape index (κ1) is 9.58. The van der Waals surface area contributed by atoms with Gasteiger partial charge in [0.05, 0.1) is 20.0 Å². The molecular weight excluding hydrogens is 166 g/mol. The van der Waals surface area contributed by atoms with E-state index in [0.717, 1.165) is 5.56 Å². The monoisotopic (exact) mass is 179 g/mol. The molecule has 0 amide bonds. The molecule has 1 rings (SSSR count). The quantitative estimate of drug-likeness (QED) is 0.663. The van der Waals surface area contributed by atoms with Crippen LogP contribution in [0, 0.1) is 0 Å². The molecule has 1 aromatic heterocycles. The zero-order valence-corrected chi connectivity index (χ0v) is 7.86. The van der Waals surface area contributed by atoms with Gasteiger partial charge in [-0.25, -0.2) is 4.98 Å². The van der Waals surface area contributed by atoms with Gasteiger partial charge in [-0.05, 0) is 24.6 Å². The molecule has 0 atom stereocenters. The Hall–Kier alpha value is -1.51. The minimum absolute atomic E-state index is 0.610. The predicted octanol–water partition coefficient (Wildman–Crippen LogP) is 2.10. The lowest BCUT2D eigenvalue weighted by Gasteiger charge is -1.98. The van der Waals surface area contributed by atoms with Crippen LogP contribution in [0.1, 0.15) is 12.5 Å². The summed E-state index contributed by atoms with van der Waals surface area (Å²) in [6.07, 6.45) is 5.23. The van der Waals surface area contributed by atoms with Gasteiger partial charge in [-0.3, -0.25) is 0 Å². The van der Waals surface area contributed by atoms with E-state index < -0.39 is 0 Å². The Morgan fingerprint density at radius 3 is 3.08 bits per heavy atom. The highest BCUT2D eigenvalue weighted by Crippen LogP contribution is 2.09. The number of rotatable bonds is 4. The summed E-state index contributed by atoms with van der Waals surface area (Å²) < 4.78 is 10.0. The molecule has 0 spiro atoms. The van der Waals surface area contributed by atoms with Gasteiger partial charge in [-0.2, -0.15) is 0 Å². The maximum Gasteiger partial charge on any atom is 0.213 e. The number of nitrogens with zero attached hydrogens (tertiary/aromatic N) is 1. The van der Waals surface area contributed by atoms with Crippen molar-refractivity contribution in [3.63, 3.8) is 0 Å². The normalized spacial score (nSPS) is 10.3. The van der Waals surface area contributed by atoms with Gasteiger partial charge >= 0.3 is 0 Å². The first-order valence-corrected chi connectivity index (χ1v) is 4.15. The third-order valence-electron chi connectivity index (χ3n) is 1.49. The molecule has 0 saturated carbocycles. The van der Waals surface area contributed by atoms with Gasteiger partial charge in [0.25, 0.3) is 0 Å². The summed E-state index contributed by atoms with van der Waals surface area (Å²) >= 11 is 0. The Balaban J connectivity index is 2.66. The largest absolute Gasteiger partial charge is 0.501 e. The smallest absolute Gasteiger partial charge is 0.213 e. The van der Waals surface area contributed by atoms with E-state index in [2.05, 4.69) is 4.98 Å². The SMILES string of the molecule is CCOC=Cc1ccnc(OC)c1. The Morgan fingerprint density at radius 2 is 2.38 bits per heavy atom. The topological polar surface area (TPSA) is 31.4 Å². The van der Waals surface area contributed by atoms with Crippen molar-refractivity contribution in [2.45, 2.75) is 6.92 Å². The standard InChI is InChI=1S/C10H13NO2/c1-3-13-7-5-9-4-6-11-10(8-9)12-2/h4-8H,3H2,1-2H3. The van der Waals surface area contributed by atoms with Crippen LogP contribution in [0.2, 0.25) is 0 Å². The third-order valence-corrected chi connectivity index (χ3v) is 1.49. The van der Waals surface area contributed by atoms with E-state index in [1.54, 1.807) is 19.6 Å². The van der Waals surface area contributed by atoms with Gasteiger partial charge in [0.15, 0.2) is 0 Å². The van der Waals surface area contributed by atoms with Gasteiger partial charge in [0.2, 0.25) is 5.88 Å². The van der Waals surface area contributed by atoms with Gasteiger partial charge < -0.3 is 9.47 Å². The van der Waals surface area contributed by atoms with Crippen LogP contribution in [-0.2, 0) is 4.74 Å². The molecule has 3 heteroatoms. The zero-order valence-electron chi connectivity index (χ0n) is 7.86. The van der Waals surface area contributed by atoms with Crippen molar-refractivity contribution < 1.29 is 9.47 Å². The molecule has 0 bridgehead atoms. The molecule has 0 aliphatic rings. The van der Waals surface area contributed by atoms with Crippen molar-refractivity contribution in [3.05, 3.63) is 30.2 Å². The molecule has 0 aliphatic heterocycles. The van der Waals surface area contributed by atoms with Crippen molar-refractivity contribution in [2.24, 2.45) is 0 Å². The van der Waals surface area contributed by atoms with Crippen molar-refractivity contribution in [2.75, 3.05) is 13.7 Å². The molecule has 0 aliphatic carbocycles. The average Bonchev–Trinajstić information content (AvgIpc) is 2.19. The number of aromatic nitrogens is 1. The summed E-state index contributed by atoms with van der Waals surface area (Å²) in [7, 11) is 1.60. The minimum Gasteiger partial charge on any atom is -0.501 e. The zero-order chi connectivity index (χ0) is 9.52. The number of ether oxygens (including phenoxy) is 2. The molecule has 1 heterocycles. The molecule has 3 nitrogen and oxygen atoms in total. The number of hydrogen-bond acceptors (Lipinski definition) is 3. The molecule has 70 valence electrons. The van der Waals surface area contributed by atoms with Crippen molar-refractivity contribution in [3.8, 4) is 5.88 Å². The molecule has 13 heavy (non-hydrogen) atoms. The molecule has 0 unspecified atom stereocenters. The Bertz CT molecular complexity index is 284. The summed E-state index contributed by atoms with van der Waals surface area (Å²) in [6.45, 7) is 2.62. The van der Waals surface area contributed by atoms with Crippen LogP contribution in [0.3, 0.4) is 0 Å². The first-order valence-electron chi connectivity index (χ1n) is 4.15. The number of hydrogen-bond donors (Lipinski definition) is 0. The van der Waals surface area contributed by atoms with Crippen LogP contribution >= 0.6 is 0 Å². The fraction of sp³-hybridized carbons (Fsp3) is 0.300. The summed E-state index contributed by atoms with van der Waals surface area (Å²) in [5.74, 6) is 0.610. The lowest BCUT2D eigenvalue weighted by Crippen LogP contribution is -1.86. The average molecular weight is 179 g/mol. The summed E-state index contributed by atoms with van der Waals surface area (Å²) in [5, 5.41) is 0. The van der Waals surface area contributed by atoms with Crippen molar-refractivity contribution in [1.29, 1.82) is 0 Å². The second-order valence-electron chi connectivity index (χ2n) is 2.39. The lowest BCUT2D eigenvalue weighted by atomic mass is 10.3. The van der Waals surface area contributed by atoms with E-state index in [9.17, 15) is 0 Å². The van der Waals surface area contributed by atoms with E-state index >= 15 is 0 Å². The van der Waals surface area contributed by atoms with E-state index in [0.29, 0.717) is 12.5 Å². The summed E-state index contributed by atoms with van der Waals surface area (Å²) in [6, 6.07) is 3.73. The molecule has 0 radical (unpaired) electrons. The van der Waals surface area contributed by atoms with Crippen LogP contribution in [0.5, 0.6) is 5.88 Å². The van der Waals surface area contributed by atoms with Gasteiger partial charge in [-0.1, -0.05) is 0 Å². The van der Waals surface area contributed by atoms with Gasteiger partial charge in [-0.15, -0.1) is 0 Å². The molecule has 1 aromatic rings. The number of pyridine rings is 1. The fourth-order valence-corrected chi connectivity index (χ4v) is 0.863. The second kappa shape index (κ2) is 5.19. The maximum atomic E-state index is 5.07. The summed E-state index contributed by atoms with van der Waals surface area (Å²) in [4.78, 5) is 3.99. The first-order chi connectivity index (χ1) is 6.36. The molecule has 0 N–H and O–H groups in total. The second-order valence-corrected chi connectivity index (χ2v) is 2.39. The number of methoxy groups -OCH3 is 1. The molecule has 0 aromatic carbocycles. The molecule has 0 saturated heterocycles. The third kappa shape index (κ3) is 3.15. The van der Waals surface area contributed by atoms with E-state index in [-0.39, 0.29) is 0 Å². The van der Waals surface area contributed by atoms with Crippen LogP contribution < -0.4 is 4.74 Å². The maximum absolute atomic E-state index is 5.07. The van der Waals surface area contributed by atoms with Crippen LogP contribution in [0.25, 0.3) is 6.08 Å². The highest BCUT2D eigenvalue weighted by atomic mass is 16.5.